The predicted octanol–water partition coefficient (Wildman–Crippen LogP) is 4.20. The molecule has 2 aromatic carbocycles. The van der Waals surface area contributed by atoms with E-state index >= 15 is 0 Å². The van der Waals surface area contributed by atoms with E-state index < -0.39 is 0 Å². The maximum absolute atomic E-state index is 12.4. The van der Waals surface area contributed by atoms with Gasteiger partial charge in [-0.15, -0.1) is 0 Å². The Morgan fingerprint density at radius 2 is 1.72 bits per heavy atom. The molecule has 1 aliphatic rings. The second-order valence-corrected chi connectivity index (χ2v) is 7.51. The lowest BCUT2D eigenvalue weighted by atomic mass is 10.1. The molecule has 4 rings (SSSR count). The first-order chi connectivity index (χ1) is 15.5. The lowest BCUT2D eigenvalue weighted by Crippen LogP contribution is -2.36. The Kier molecular flexibility index (Phi) is 6.51. The summed E-state index contributed by atoms with van der Waals surface area (Å²) in [7, 11) is 0. The zero-order valence-corrected chi connectivity index (χ0v) is 18.2. The summed E-state index contributed by atoms with van der Waals surface area (Å²) >= 11 is 0. The number of urea groups is 1. The second-order valence-electron chi connectivity index (χ2n) is 7.51. The third-order valence-corrected chi connectivity index (χ3v) is 5.25. The molecule has 0 spiro atoms. The number of nitrogens with one attached hydrogen (secondary N) is 2. The molecule has 1 aromatic heterocycles. The van der Waals surface area contributed by atoms with Gasteiger partial charge >= 0.3 is 12.0 Å². The van der Waals surface area contributed by atoms with Crippen LogP contribution < -0.4 is 15.5 Å². The number of benzene rings is 2. The largest absolute Gasteiger partial charge is 0.462 e. The molecule has 166 valence electrons. The lowest BCUT2D eigenvalue weighted by molar-refractivity contribution is 0.0526. The van der Waals surface area contributed by atoms with Crippen molar-refractivity contribution in [2.24, 2.45) is 0 Å². The molecule has 0 aliphatic carbocycles. The van der Waals surface area contributed by atoms with Gasteiger partial charge in [0.25, 0.3) is 0 Å². The van der Waals surface area contributed by atoms with Gasteiger partial charge in [0.2, 0.25) is 0 Å². The minimum atomic E-state index is -0.388. The highest BCUT2D eigenvalue weighted by atomic mass is 16.5. The van der Waals surface area contributed by atoms with Gasteiger partial charge < -0.3 is 25.0 Å². The van der Waals surface area contributed by atoms with Crippen molar-refractivity contribution in [3.8, 4) is 0 Å². The molecular formula is C24H26N4O4. The van der Waals surface area contributed by atoms with E-state index in [1.807, 2.05) is 25.1 Å². The Morgan fingerprint density at radius 1 is 1.03 bits per heavy atom. The average molecular weight is 434 g/mol. The molecule has 32 heavy (non-hydrogen) atoms. The number of hydrogen-bond donors (Lipinski definition) is 2. The number of hydrogen-bond acceptors (Lipinski definition) is 6. The van der Waals surface area contributed by atoms with Gasteiger partial charge in [0.1, 0.15) is 5.82 Å². The van der Waals surface area contributed by atoms with Crippen molar-refractivity contribution in [1.29, 1.82) is 0 Å². The van der Waals surface area contributed by atoms with E-state index in [0.29, 0.717) is 36.8 Å². The third-order valence-electron chi connectivity index (χ3n) is 5.25. The molecule has 0 atom stereocenters. The molecule has 2 amide bonds. The Hall–Kier alpha value is -3.65. The Bertz CT molecular complexity index is 1120. The minimum Gasteiger partial charge on any atom is -0.462 e. The van der Waals surface area contributed by atoms with Gasteiger partial charge in [0.05, 0.1) is 30.9 Å². The predicted molar refractivity (Wildman–Crippen MR) is 125 cm³/mol. The Morgan fingerprint density at radius 3 is 2.44 bits per heavy atom. The third kappa shape index (κ3) is 4.97. The van der Waals surface area contributed by atoms with E-state index in [4.69, 9.17) is 14.5 Å². The topological polar surface area (TPSA) is 92.8 Å². The summed E-state index contributed by atoms with van der Waals surface area (Å²) in [5.74, 6) is 0.559. The van der Waals surface area contributed by atoms with Crippen LogP contribution in [-0.4, -0.2) is 49.9 Å². The number of rotatable bonds is 5. The summed E-state index contributed by atoms with van der Waals surface area (Å²) < 4.78 is 10.4. The summed E-state index contributed by atoms with van der Waals surface area (Å²) in [5.41, 5.74) is 3.65. The number of aromatic nitrogens is 1. The molecule has 0 unspecified atom stereocenters. The zero-order chi connectivity index (χ0) is 22.5. The molecule has 0 bridgehead atoms. The molecule has 0 radical (unpaired) electrons. The molecule has 1 saturated heterocycles. The summed E-state index contributed by atoms with van der Waals surface area (Å²) in [4.78, 5) is 31.2. The van der Waals surface area contributed by atoms with Crippen LogP contribution >= 0.6 is 0 Å². The van der Waals surface area contributed by atoms with Crippen molar-refractivity contribution < 1.29 is 19.1 Å². The van der Waals surface area contributed by atoms with Crippen molar-refractivity contribution in [3.05, 3.63) is 59.7 Å². The van der Waals surface area contributed by atoms with Crippen LogP contribution in [0.4, 0.5) is 22.0 Å². The summed E-state index contributed by atoms with van der Waals surface area (Å²) in [6.45, 7) is 7.20. The van der Waals surface area contributed by atoms with Crippen LogP contribution in [0, 0.1) is 6.92 Å². The number of ether oxygens (including phenoxy) is 2. The SMILES string of the molecule is CCOC(=O)c1ccc(NC(=O)Nc2ccc3nc(N4CCOCC4)cc(C)c3c2)cc1. The molecule has 8 nitrogen and oxygen atoms in total. The number of fused-ring (bicyclic) bond motifs is 1. The van der Waals surface area contributed by atoms with Crippen LogP contribution in [0.1, 0.15) is 22.8 Å². The van der Waals surface area contributed by atoms with E-state index in [1.54, 1.807) is 31.2 Å². The van der Waals surface area contributed by atoms with Crippen LogP contribution in [-0.2, 0) is 9.47 Å². The standard InChI is InChI=1S/C24H26N4O4/c1-3-32-23(29)17-4-6-18(7-5-17)25-24(30)26-19-8-9-21-20(15-19)16(2)14-22(27-21)28-10-12-31-13-11-28/h4-9,14-15H,3,10-13H2,1-2H3,(H2,25,26,30). The number of aryl methyl sites for hydroxylation is 1. The number of esters is 1. The van der Waals surface area contributed by atoms with Gasteiger partial charge in [-0.3, -0.25) is 0 Å². The average Bonchev–Trinajstić information content (AvgIpc) is 2.80. The van der Waals surface area contributed by atoms with Crippen LogP contribution in [0.2, 0.25) is 0 Å². The van der Waals surface area contributed by atoms with Crippen molar-refractivity contribution >= 4 is 40.1 Å². The summed E-state index contributed by atoms with van der Waals surface area (Å²) in [6.07, 6.45) is 0. The van der Waals surface area contributed by atoms with E-state index in [1.165, 1.54) is 0 Å². The first-order valence-corrected chi connectivity index (χ1v) is 10.6. The first-order valence-electron chi connectivity index (χ1n) is 10.6. The van der Waals surface area contributed by atoms with Gasteiger partial charge in [-0.1, -0.05) is 0 Å². The highest BCUT2D eigenvalue weighted by Crippen LogP contribution is 2.26. The first kappa shape index (κ1) is 21.6. The molecule has 3 aromatic rings. The van der Waals surface area contributed by atoms with E-state index in [2.05, 4.69) is 21.6 Å². The molecule has 0 saturated carbocycles. The number of pyridine rings is 1. The van der Waals surface area contributed by atoms with E-state index in [9.17, 15) is 9.59 Å². The highest BCUT2D eigenvalue weighted by molar-refractivity contribution is 6.01. The summed E-state index contributed by atoms with van der Waals surface area (Å²) in [6, 6.07) is 13.9. The maximum atomic E-state index is 12.4. The van der Waals surface area contributed by atoms with Crippen molar-refractivity contribution in [2.75, 3.05) is 48.4 Å². The lowest BCUT2D eigenvalue weighted by Gasteiger charge is -2.28. The number of carbonyl (C=O) groups excluding carboxylic acids is 2. The maximum Gasteiger partial charge on any atom is 0.338 e. The second kappa shape index (κ2) is 9.65. The number of carbonyl (C=O) groups is 2. The Labute approximate surface area is 186 Å². The number of anilines is 3. The quantitative estimate of drug-likeness (QED) is 0.585. The number of amides is 2. The number of morpholine rings is 1. The molecule has 2 heterocycles. The fraction of sp³-hybridized carbons (Fsp3) is 0.292. The molecule has 8 heteroatoms. The van der Waals surface area contributed by atoms with Crippen LogP contribution in [0.3, 0.4) is 0 Å². The molecular weight excluding hydrogens is 408 g/mol. The van der Waals surface area contributed by atoms with Crippen molar-refractivity contribution in [1.82, 2.24) is 4.98 Å². The number of nitrogens with zero attached hydrogens (tertiary/aromatic N) is 2. The van der Waals surface area contributed by atoms with E-state index in [-0.39, 0.29) is 12.0 Å². The molecule has 1 aliphatic heterocycles. The smallest absolute Gasteiger partial charge is 0.338 e. The van der Waals surface area contributed by atoms with Gasteiger partial charge in [-0.2, -0.15) is 0 Å². The Balaban J connectivity index is 1.44. The minimum absolute atomic E-state index is 0.316. The normalized spacial score (nSPS) is 13.6. The fourth-order valence-corrected chi connectivity index (χ4v) is 3.61. The van der Waals surface area contributed by atoms with Gasteiger partial charge in [-0.05, 0) is 67.9 Å². The summed E-state index contributed by atoms with van der Waals surface area (Å²) in [5, 5.41) is 6.60. The van der Waals surface area contributed by atoms with E-state index in [0.717, 1.165) is 35.4 Å². The van der Waals surface area contributed by atoms with Gasteiger partial charge in [0, 0.05) is 29.9 Å². The van der Waals surface area contributed by atoms with Crippen LogP contribution in [0.5, 0.6) is 0 Å². The van der Waals surface area contributed by atoms with Crippen LogP contribution in [0.15, 0.2) is 48.5 Å². The van der Waals surface area contributed by atoms with Gasteiger partial charge in [0.15, 0.2) is 0 Å². The van der Waals surface area contributed by atoms with Gasteiger partial charge in [-0.25, -0.2) is 14.6 Å². The van der Waals surface area contributed by atoms with Crippen molar-refractivity contribution in [3.63, 3.8) is 0 Å². The monoisotopic (exact) mass is 434 g/mol. The fourth-order valence-electron chi connectivity index (χ4n) is 3.61. The molecule has 1 fully saturated rings. The zero-order valence-electron chi connectivity index (χ0n) is 18.2. The van der Waals surface area contributed by atoms with Crippen LogP contribution in [0.25, 0.3) is 10.9 Å². The molecule has 2 N–H and O–H groups in total. The van der Waals surface area contributed by atoms with Crippen molar-refractivity contribution in [2.45, 2.75) is 13.8 Å². The highest BCUT2D eigenvalue weighted by Gasteiger charge is 2.14.